The smallest absolute Gasteiger partial charge is 0.305 e. The molecule has 0 aliphatic heterocycles. The van der Waals surface area contributed by atoms with E-state index in [1.54, 1.807) is 0 Å². The zero-order valence-corrected chi connectivity index (χ0v) is 32.1. The largest absolute Gasteiger partial charge is 0.464 e. The Balaban J connectivity index is 3.43. The first kappa shape index (κ1) is 47.3. The van der Waals surface area contributed by atoms with Crippen LogP contribution in [0.15, 0.2) is 0 Å². The van der Waals surface area contributed by atoms with Crippen molar-refractivity contribution in [3.05, 3.63) is 0 Å². The van der Waals surface area contributed by atoms with Crippen LogP contribution >= 0.6 is 0 Å². The number of nitrogens with two attached hydrogens (primary N) is 1. The Labute approximate surface area is 299 Å². The van der Waals surface area contributed by atoms with Gasteiger partial charge in [-0.05, 0) is 19.3 Å². The van der Waals surface area contributed by atoms with E-state index in [1.807, 2.05) is 0 Å². The summed E-state index contributed by atoms with van der Waals surface area (Å²) in [6.07, 6.45) is 41.2. The summed E-state index contributed by atoms with van der Waals surface area (Å²) in [5.74, 6) is -0.255. The molecule has 48 heavy (non-hydrogen) atoms. The van der Waals surface area contributed by atoms with Gasteiger partial charge in [-0.1, -0.05) is 206 Å². The maximum absolute atomic E-state index is 12.1. The predicted molar refractivity (Wildman–Crippen MR) is 205 cm³/mol. The van der Waals surface area contributed by atoms with Gasteiger partial charge < -0.3 is 25.8 Å². The van der Waals surface area contributed by atoms with E-state index in [2.05, 4.69) is 6.92 Å². The molecular formula is C42H85NO5. The topological polar surface area (TPSA) is 113 Å². The molecule has 3 unspecified atom stereocenters. The molecule has 0 amide bonds. The molecule has 0 aliphatic rings. The molecule has 0 aliphatic carbocycles. The second-order valence-corrected chi connectivity index (χ2v) is 15.0. The van der Waals surface area contributed by atoms with Gasteiger partial charge >= 0.3 is 5.97 Å². The summed E-state index contributed by atoms with van der Waals surface area (Å²) >= 11 is 0. The molecule has 5 N–H and O–H groups in total. The summed E-state index contributed by atoms with van der Waals surface area (Å²) in [7, 11) is 0. The number of esters is 1. The number of carbonyl (C=O) groups is 1. The van der Waals surface area contributed by atoms with E-state index in [4.69, 9.17) is 15.6 Å². The van der Waals surface area contributed by atoms with Gasteiger partial charge in [0.1, 0.15) is 6.61 Å². The number of hydrogen-bond acceptors (Lipinski definition) is 6. The van der Waals surface area contributed by atoms with E-state index in [9.17, 15) is 15.0 Å². The fraction of sp³-hybridized carbons (Fsp3) is 0.976. The van der Waals surface area contributed by atoms with Crippen LogP contribution in [0.5, 0.6) is 0 Å². The molecule has 288 valence electrons. The zero-order valence-electron chi connectivity index (χ0n) is 32.1. The molecule has 0 saturated heterocycles. The van der Waals surface area contributed by atoms with Crippen molar-refractivity contribution >= 4 is 5.97 Å². The molecule has 0 saturated carbocycles. The molecule has 6 nitrogen and oxygen atoms in total. The van der Waals surface area contributed by atoms with E-state index >= 15 is 0 Å². The van der Waals surface area contributed by atoms with Gasteiger partial charge in [0.2, 0.25) is 0 Å². The zero-order chi connectivity index (χ0) is 35.2. The third kappa shape index (κ3) is 35.1. The highest BCUT2D eigenvalue weighted by atomic mass is 16.5. The quantitative estimate of drug-likeness (QED) is 0.0378. The first-order valence-electron chi connectivity index (χ1n) is 21.4. The molecule has 0 radical (unpaired) electrons. The molecule has 0 heterocycles. The minimum absolute atomic E-state index is 0.0384. The number of aliphatic hydroxyl groups is 3. The van der Waals surface area contributed by atoms with Gasteiger partial charge in [0, 0.05) is 13.0 Å². The monoisotopic (exact) mass is 684 g/mol. The highest BCUT2D eigenvalue weighted by Crippen LogP contribution is 2.17. The van der Waals surface area contributed by atoms with Crippen LogP contribution < -0.4 is 5.73 Å². The lowest BCUT2D eigenvalue weighted by Crippen LogP contribution is -2.46. The molecule has 0 aromatic carbocycles. The normalized spacial score (nSPS) is 13.5. The number of ether oxygens (including phenoxy) is 1. The highest BCUT2D eigenvalue weighted by molar-refractivity contribution is 5.69. The third-order valence-corrected chi connectivity index (χ3v) is 10.2. The van der Waals surface area contributed by atoms with Crippen LogP contribution in [0.25, 0.3) is 0 Å². The Kier molecular flexibility index (Phi) is 38.5. The molecule has 0 rings (SSSR count). The van der Waals surface area contributed by atoms with E-state index in [0.717, 1.165) is 32.1 Å². The number of aliphatic hydroxyl groups excluding tert-OH is 3. The van der Waals surface area contributed by atoms with Crippen molar-refractivity contribution in [2.45, 2.75) is 250 Å². The Bertz CT molecular complexity index is 633. The van der Waals surface area contributed by atoms with Gasteiger partial charge in [-0.15, -0.1) is 0 Å². The van der Waals surface area contributed by atoms with Gasteiger partial charge in [0.25, 0.3) is 0 Å². The van der Waals surface area contributed by atoms with E-state index in [1.165, 1.54) is 180 Å². The number of hydrogen-bond donors (Lipinski definition) is 4. The van der Waals surface area contributed by atoms with Crippen molar-refractivity contribution in [2.75, 3.05) is 13.2 Å². The van der Waals surface area contributed by atoms with Crippen molar-refractivity contribution in [1.82, 2.24) is 0 Å². The van der Waals surface area contributed by atoms with Gasteiger partial charge in [-0.2, -0.15) is 0 Å². The minimum atomic E-state index is -1.06. The first-order valence-corrected chi connectivity index (χ1v) is 21.4. The van der Waals surface area contributed by atoms with Crippen molar-refractivity contribution in [3.63, 3.8) is 0 Å². The summed E-state index contributed by atoms with van der Waals surface area (Å²) < 4.78 is 5.30. The Morgan fingerprint density at radius 1 is 0.500 bits per heavy atom. The fourth-order valence-electron chi connectivity index (χ4n) is 6.75. The van der Waals surface area contributed by atoms with Crippen LogP contribution in [0, 0.1) is 0 Å². The summed E-state index contributed by atoms with van der Waals surface area (Å²) in [6.45, 7) is 2.57. The maximum atomic E-state index is 12.1. The number of rotatable bonds is 40. The SMILES string of the molecule is CCCCCCCCCCCCCCC(O)C(O)C(N)COC(=O)CCCCCCCCCCCCCCCCCCCCCCCO. The third-order valence-electron chi connectivity index (χ3n) is 10.2. The van der Waals surface area contributed by atoms with Crippen LogP contribution in [0.1, 0.15) is 232 Å². The average molecular weight is 684 g/mol. The van der Waals surface area contributed by atoms with Gasteiger partial charge in [-0.25, -0.2) is 0 Å². The lowest BCUT2D eigenvalue weighted by Gasteiger charge is -2.23. The fourth-order valence-corrected chi connectivity index (χ4v) is 6.75. The molecule has 0 bridgehead atoms. The van der Waals surface area contributed by atoms with Gasteiger partial charge in [0.15, 0.2) is 0 Å². The molecule has 0 spiro atoms. The molecule has 0 aromatic rings. The first-order chi connectivity index (χ1) is 23.5. The van der Waals surface area contributed by atoms with E-state index in [0.29, 0.717) is 19.4 Å². The maximum Gasteiger partial charge on any atom is 0.305 e. The second-order valence-electron chi connectivity index (χ2n) is 15.0. The minimum Gasteiger partial charge on any atom is -0.464 e. The predicted octanol–water partition coefficient (Wildman–Crippen LogP) is 11.2. The Hall–Kier alpha value is -0.690. The van der Waals surface area contributed by atoms with Crippen molar-refractivity contribution < 1.29 is 24.9 Å². The van der Waals surface area contributed by atoms with Crippen LogP contribution in [-0.2, 0) is 9.53 Å². The van der Waals surface area contributed by atoms with E-state index in [-0.39, 0.29) is 12.6 Å². The average Bonchev–Trinajstić information content (AvgIpc) is 3.09. The number of carbonyl (C=O) groups excluding carboxylic acids is 1. The molecule has 0 fully saturated rings. The van der Waals surface area contributed by atoms with Gasteiger partial charge in [0.05, 0.1) is 18.2 Å². The van der Waals surface area contributed by atoms with Crippen molar-refractivity contribution in [3.8, 4) is 0 Å². The summed E-state index contributed by atoms with van der Waals surface area (Å²) in [6, 6.07) is -0.750. The second kappa shape index (κ2) is 39.1. The van der Waals surface area contributed by atoms with E-state index < -0.39 is 18.2 Å². The lowest BCUT2D eigenvalue weighted by molar-refractivity contribution is -0.145. The highest BCUT2D eigenvalue weighted by Gasteiger charge is 2.24. The molecule has 3 atom stereocenters. The van der Waals surface area contributed by atoms with Crippen LogP contribution in [-0.4, -0.2) is 52.8 Å². The van der Waals surface area contributed by atoms with Gasteiger partial charge in [-0.3, -0.25) is 4.79 Å². The summed E-state index contributed by atoms with van der Waals surface area (Å²) in [5.41, 5.74) is 6.02. The van der Waals surface area contributed by atoms with Crippen molar-refractivity contribution in [2.24, 2.45) is 5.73 Å². The molecular weight excluding hydrogens is 598 g/mol. The van der Waals surface area contributed by atoms with Crippen LogP contribution in [0.2, 0.25) is 0 Å². The Morgan fingerprint density at radius 2 is 0.812 bits per heavy atom. The van der Waals surface area contributed by atoms with Crippen LogP contribution in [0.3, 0.4) is 0 Å². The summed E-state index contributed by atoms with van der Waals surface area (Å²) in [4.78, 5) is 12.1. The van der Waals surface area contributed by atoms with Crippen LogP contribution in [0.4, 0.5) is 0 Å². The lowest BCUT2D eigenvalue weighted by atomic mass is 10.00. The van der Waals surface area contributed by atoms with Crippen molar-refractivity contribution in [1.29, 1.82) is 0 Å². The Morgan fingerprint density at radius 3 is 1.17 bits per heavy atom. The standard InChI is InChI=1S/C42H85NO5/c1-2-3-4-5-6-7-8-20-23-26-29-32-35-40(45)42(47)39(43)38-48-41(46)36-33-30-27-24-21-18-16-14-12-10-9-11-13-15-17-19-22-25-28-31-34-37-44/h39-40,42,44-45,47H,2-38,43H2,1H3. The molecule has 0 aromatic heterocycles. The summed E-state index contributed by atoms with van der Waals surface area (Å²) in [5, 5.41) is 29.5. The number of unbranched alkanes of at least 4 members (excludes halogenated alkanes) is 31. The molecule has 6 heteroatoms.